The van der Waals surface area contributed by atoms with Gasteiger partial charge in [-0.15, -0.1) is 11.3 Å². The van der Waals surface area contributed by atoms with Gasteiger partial charge in [-0.25, -0.2) is 4.98 Å². The number of amides is 2. The molecule has 2 heterocycles. The maximum Gasteiger partial charge on any atom is 0.252 e. The van der Waals surface area contributed by atoms with Crippen LogP contribution in [0.3, 0.4) is 0 Å². The highest BCUT2D eigenvalue weighted by atomic mass is 32.1. The number of carbonyl (C=O) groups is 2. The van der Waals surface area contributed by atoms with Crippen LogP contribution in [0.25, 0.3) is 0 Å². The van der Waals surface area contributed by atoms with E-state index >= 15 is 0 Å². The van der Waals surface area contributed by atoms with Crippen LogP contribution in [-0.4, -0.2) is 27.9 Å². The predicted molar refractivity (Wildman–Crippen MR) is 115 cm³/mol. The molecule has 2 N–H and O–H groups in total. The highest BCUT2D eigenvalue weighted by molar-refractivity contribution is 7.09. The second-order valence-corrected chi connectivity index (χ2v) is 9.41. The maximum atomic E-state index is 12.4. The van der Waals surface area contributed by atoms with Crippen LogP contribution in [0.1, 0.15) is 59.9 Å². The average Bonchev–Trinajstić information content (AvgIpc) is 3.47. The monoisotopic (exact) mass is 428 g/mol. The molecule has 4 rings (SSSR count). The Morgan fingerprint density at radius 1 is 1.20 bits per heavy atom. The van der Waals surface area contributed by atoms with Crippen LogP contribution in [0.15, 0.2) is 34.7 Å². The van der Waals surface area contributed by atoms with Gasteiger partial charge in [0.1, 0.15) is 5.01 Å². The summed E-state index contributed by atoms with van der Waals surface area (Å²) >= 11 is 1.61. The van der Waals surface area contributed by atoms with E-state index in [1.54, 1.807) is 36.8 Å². The number of hydrogen-bond acceptors (Lipinski definition) is 5. The van der Waals surface area contributed by atoms with Gasteiger partial charge in [0.15, 0.2) is 0 Å². The lowest BCUT2D eigenvalue weighted by molar-refractivity contribution is -0.123. The number of nitrogens with zero attached hydrogens (tertiary/aromatic N) is 2. The lowest BCUT2D eigenvalue weighted by atomic mass is 9.78. The summed E-state index contributed by atoms with van der Waals surface area (Å²) in [6.07, 6.45) is 9.41. The van der Waals surface area contributed by atoms with E-state index in [1.165, 1.54) is 10.6 Å². The SMILES string of the molecule is Cn1cc(C(=O)NCC2CCC([C@H](NC(=O)C3CC3)c3nccs3)CC2)ccc1=O. The van der Waals surface area contributed by atoms with E-state index in [-0.39, 0.29) is 29.3 Å². The van der Waals surface area contributed by atoms with Crippen molar-refractivity contribution >= 4 is 23.2 Å². The average molecular weight is 429 g/mol. The molecule has 0 unspecified atom stereocenters. The van der Waals surface area contributed by atoms with E-state index in [9.17, 15) is 14.4 Å². The molecule has 0 bridgehead atoms. The van der Waals surface area contributed by atoms with Crippen molar-refractivity contribution in [3.05, 3.63) is 50.8 Å². The van der Waals surface area contributed by atoms with Gasteiger partial charge in [0, 0.05) is 43.4 Å². The first-order valence-corrected chi connectivity index (χ1v) is 11.5. The van der Waals surface area contributed by atoms with Crippen molar-refractivity contribution in [2.45, 2.75) is 44.6 Å². The van der Waals surface area contributed by atoms with Crippen molar-refractivity contribution < 1.29 is 9.59 Å². The number of aryl methyl sites for hydroxylation is 1. The maximum absolute atomic E-state index is 12.4. The number of hydrogen-bond donors (Lipinski definition) is 2. The van der Waals surface area contributed by atoms with Crippen LogP contribution in [0.5, 0.6) is 0 Å². The second-order valence-electron chi connectivity index (χ2n) is 8.49. The molecule has 2 fully saturated rings. The fourth-order valence-electron chi connectivity index (χ4n) is 4.18. The molecule has 2 aliphatic carbocycles. The summed E-state index contributed by atoms with van der Waals surface area (Å²) in [5.74, 6) is 1.02. The van der Waals surface area contributed by atoms with Crippen LogP contribution in [-0.2, 0) is 11.8 Å². The molecule has 2 amide bonds. The predicted octanol–water partition coefficient (Wildman–Crippen LogP) is 2.65. The van der Waals surface area contributed by atoms with Gasteiger partial charge in [0.05, 0.1) is 11.6 Å². The zero-order valence-corrected chi connectivity index (χ0v) is 18.0. The van der Waals surface area contributed by atoms with Crippen molar-refractivity contribution in [1.29, 1.82) is 0 Å². The molecule has 2 aromatic heterocycles. The van der Waals surface area contributed by atoms with Gasteiger partial charge in [0.25, 0.3) is 5.91 Å². The fraction of sp³-hybridized carbons (Fsp3) is 0.545. The second kappa shape index (κ2) is 9.12. The molecule has 2 aromatic rings. The van der Waals surface area contributed by atoms with Crippen molar-refractivity contribution in [2.24, 2.45) is 24.8 Å². The van der Waals surface area contributed by atoms with Crippen LogP contribution in [0.4, 0.5) is 0 Å². The Balaban J connectivity index is 1.29. The van der Waals surface area contributed by atoms with Gasteiger partial charge < -0.3 is 15.2 Å². The van der Waals surface area contributed by atoms with Gasteiger partial charge in [-0.1, -0.05) is 0 Å². The van der Waals surface area contributed by atoms with Gasteiger partial charge in [-0.3, -0.25) is 14.4 Å². The summed E-state index contributed by atoms with van der Waals surface area (Å²) < 4.78 is 1.41. The van der Waals surface area contributed by atoms with Crippen LogP contribution in [0, 0.1) is 17.8 Å². The molecular weight excluding hydrogens is 400 g/mol. The normalized spacial score (nSPS) is 22.3. The summed E-state index contributed by atoms with van der Waals surface area (Å²) in [6, 6.07) is 2.98. The van der Waals surface area contributed by atoms with E-state index in [4.69, 9.17) is 0 Å². The zero-order chi connectivity index (χ0) is 21.1. The van der Waals surface area contributed by atoms with Crippen molar-refractivity contribution in [3.63, 3.8) is 0 Å². The van der Waals surface area contributed by atoms with Gasteiger partial charge in [-0.2, -0.15) is 0 Å². The Hall–Kier alpha value is -2.48. The standard InChI is InChI=1S/C22H28N4O3S/c1-26-13-17(8-9-18(26)27)20(28)24-12-14-2-4-15(5-3-14)19(22-23-10-11-30-22)25-21(29)16-6-7-16/h8-11,13-16,19H,2-7,12H2,1H3,(H,24,28)(H,25,29)/t14?,15?,19-/m0/s1. The molecule has 2 aliphatic rings. The molecule has 7 nitrogen and oxygen atoms in total. The largest absolute Gasteiger partial charge is 0.352 e. The van der Waals surface area contributed by atoms with E-state index in [2.05, 4.69) is 15.6 Å². The Morgan fingerprint density at radius 3 is 2.60 bits per heavy atom. The topological polar surface area (TPSA) is 93.1 Å². The number of rotatable bonds is 7. The van der Waals surface area contributed by atoms with Crippen molar-refractivity contribution in [1.82, 2.24) is 20.2 Å². The van der Waals surface area contributed by atoms with Gasteiger partial charge in [0.2, 0.25) is 11.5 Å². The third kappa shape index (κ3) is 4.98. The van der Waals surface area contributed by atoms with E-state index < -0.39 is 0 Å². The third-order valence-corrected chi connectivity index (χ3v) is 7.08. The minimum Gasteiger partial charge on any atom is -0.352 e. The highest BCUT2D eigenvalue weighted by Crippen LogP contribution is 2.38. The van der Waals surface area contributed by atoms with E-state index in [0.717, 1.165) is 43.5 Å². The molecule has 0 radical (unpaired) electrons. The molecule has 1 atom stereocenters. The number of aromatic nitrogens is 2. The molecular formula is C22H28N4O3S. The number of thiazole rings is 1. The van der Waals surface area contributed by atoms with Gasteiger partial charge >= 0.3 is 0 Å². The zero-order valence-electron chi connectivity index (χ0n) is 17.2. The van der Waals surface area contributed by atoms with Crippen LogP contribution >= 0.6 is 11.3 Å². The first-order chi connectivity index (χ1) is 14.5. The molecule has 0 aromatic carbocycles. The minimum absolute atomic E-state index is 0.000697. The molecule has 0 saturated heterocycles. The smallest absolute Gasteiger partial charge is 0.252 e. The Kier molecular flexibility index (Phi) is 6.32. The first kappa shape index (κ1) is 20.8. The Bertz CT molecular complexity index is 944. The third-order valence-electron chi connectivity index (χ3n) is 6.23. The molecule has 30 heavy (non-hydrogen) atoms. The van der Waals surface area contributed by atoms with E-state index in [1.807, 2.05) is 5.38 Å². The van der Waals surface area contributed by atoms with Crippen LogP contribution in [0.2, 0.25) is 0 Å². The molecule has 2 saturated carbocycles. The lowest BCUT2D eigenvalue weighted by Crippen LogP contribution is -2.37. The van der Waals surface area contributed by atoms with Crippen molar-refractivity contribution in [3.8, 4) is 0 Å². The molecule has 160 valence electrons. The summed E-state index contributed by atoms with van der Waals surface area (Å²) in [5, 5.41) is 9.23. The summed E-state index contributed by atoms with van der Waals surface area (Å²) in [6.45, 7) is 0.630. The fourth-order valence-corrected chi connectivity index (χ4v) is 4.96. The molecule has 0 aliphatic heterocycles. The van der Waals surface area contributed by atoms with Crippen molar-refractivity contribution in [2.75, 3.05) is 6.54 Å². The Labute approximate surface area is 179 Å². The number of pyridine rings is 1. The first-order valence-electron chi connectivity index (χ1n) is 10.7. The minimum atomic E-state index is -0.148. The molecule has 8 heteroatoms. The summed E-state index contributed by atoms with van der Waals surface area (Å²) in [4.78, 5) is 40.7. The number of carbonyl (C=O) groups excluding carboxylic acids is 2. The van der Waals surface area contributed by atoms with E-state index in [0.29, 0.717) is 23.9 Å². The lowest BCUT2D eigenvalue weighted by Gasteiger charge is -2.33. The quantitative estimate of drug-likeness (QED) is 0.709. The van der Waals surface area contributed by atoms with Gasteiger partial charge in [-0.05, 0) is 56.4 Å². The van der Waals surface area contributed by atoms with Crippen LogP contribution < -0.4 is 16.2 Å². The highest BCUT2D eigenvalue weighted by Gasteiger charge is 2.35. The number of nitrogens with one attached hydrogen (secondary N) is 2. The summed E-state index contributed by atoms with van der Waals surface area (Å²) in [7, 11) is 1.64. The summed E-state index contributed by atoms with van der Waals surface area (Å²) in [5.41, 5.74) is 0.367. The Morgan fingerprint density at radius 2 is 1.97 bits per heavy atom. The molecule has 0 spiro atoms.